The molecule has 1 heterocycles. The van der Waals surface area contributed by atoms with Gasteiger partial charge in [0, 0.05) is 22.3 Å². The van der Waals surface area contributed by atoms with Gasteiger partial charge in [-0.1, -0.05) is 238 Å². The van der Waals surface area contributed by atoms with Crippen LogP contribution in [-0.2, 0) is 27.3 Å². The van der Waals surface area contributed by atoms with Crippen LogP contribution in [0.1, 0.15) is 289 Å². The molecule has 2 aromatic rings. The molecule has 0 spiro atoms. The zero-order chi connectivity index (χ0) is 46.1. The van der Waals surface area contributed by atoms with E-state index in [0.29, 0.717) is 0 Å². The molecule has 1 aliphatic rings. The maximum atomic E-state index is 12.1. The van der Waals surface area contributed by atoms with Crippen molar-refractivity contribution in [1.82, 2.24) is 0 Å². The molecule has 0 atom stereocenters. The van der Waals surface area contributed by atoms with Gasteiger partial charge in [-0.15, -0.1) is 0 Å². The van der Waals surface area contributed by atoms with Gasteiger partial charge < -0.3 is 5.53 Å². The minimum absolute atomic E-state index is 1.02. The summed E-state index contributed by atoms with van der Waals surface area (Å²) in [6.45, 7) is 13.5. The molecule has 3 heteroatoms. The van der Waals surface area contributed by atoms with E-state index in [1.165, 1.54) is 243 Å². The van der Waals surface area contributed by atoms with Crippen molar-refractivity contribution < 1.29 is 19.1 Å². The third-order valence-corrected chi connectivity index (χ3v) is 14.5. The quantitative estimate of drug-likeness (QED) is 0.0361. The summed E-state index contributed by atoms with van der Waals surface area (Å²) in [6.07, 6.45) is 49.9. The van der Waals surface area contributed by atoms with Gasteiger partial charge in [-0.2, -0.15) is 0 Å². The molecule has 0 saturated carbocycles. The van der Waals surface area contributed by atoms with Crippen molar-refractivity contribution in [3.8, 4) is 0 Å². The maximum absolute atomic E-state index is 12.1. The first-order valence-electron chi connectivity index (χ1n) is 28.1. The van der Waals surface area contributed by atoms with Crippen molar-refractivity contribution >= 4 is 11.4 Å². The Balaban J connectivity index is 0.00000266. The number of aryl methyl sites for hydroxylation is 2. The molecule has 0 aliphatic carbocycles. The fourth-order valence-corrected chi connectivity index (χ4v) is 10.1. The van der Waals surface area contributed by atoms with Crippen molar-refractivity contribution in [1.29, 1.82) is 0 Å². The summed E-state index contributed by atoms with van der Waals surface area (Å²) < 4.78 is 1.60. The molecule has 2 aromatic carbocycles. The first-order valence-corrected chi connectivity index (χ1v) is 29.5. The Kier molecular flexibility index (Phi) is 37.4. The number of hydrogen-bond acceptors (Lipinski definition) is 0. The predicted molar refractivity (Wildman–Crippen MR) is 283 cm³/mol. The first-order chi connectivity index (χ1) is 31.6. The van der Waals surface area contributed by atoms with E-state index in [0.717, 1.165) is 49.9 Å². The molecule has 0 N–H and O–H groups in total. The van der Waals surface area contributed by atoms with Crippen LogP contribution in [0.3, 0.4) is 0 Å². The standard InChI is InChI=1S/C57H94N2.2C2H5.Ni/c1-5-9-13-14-15-16-17-18-19-20-21-22-23-24-25-26-27-28-29-30-31-32-33-34-35-36-37-47-55-54(46-12-8-4)56(52-44-38-42-50(48-52)40-10-6-2)59(58)57(55)53-45-39-43-51(49-53)41-11-7-3;2*1-2;/h38-39,42-45,48-49H,5-37,40-41,46-47H2,1-4H3;2*1H2,2H3;. The molecule has 0 amide bonds. The van der Waals surface area contributed by atoms with E-state index >= 15 is 0 Å². The van der Waals surface area contributed by atoms with Gasteiger partial charge in [0.15, 0.2) is 0 Å². The third-order valence-electron chi connectivity index (χ3n) is 13.5. The van der Waals surface area contributed by atoms with Crippen molar-refractivity contribution in [2.75, 3.05) is 0 Å². The van der Waals surface area contributed by atoms with Gasteiger partial charge in [0.05, 0.1) is 0 Å². The summed E-state index contributed by atoms with van der Waals surface area (Å²) >= 11 is 1.82. The van der Waals surface area contributed by atoms with Gasteiger partial charge >= 0.3 is 39.1 Å². The molecule has 3 rings (SSSR count). The average molecular weight is 924 g/mol. The van der Waals surface area contributed by atoms with Crippen molar-refractivity contribution in [2.45, 2.75) is 290 Å². The van der Waals surface area contributed by atoms with Crippen LogP contribution in [0.4, 0.5) is 0 Å². The molecule has 0 fully saturated rings. The molecule has 0 saturated heterocycles. The van der Waals surface area contributed by atoms with E-state index < -0.39 is 0 Å². The monoisotopic (exact) mass is 923 g/mol. The van der Waals surface area contributed by atoms with Crippen molar-refractivity contribution in [3.63, 3.8) is 0 Å². The molecule has 64 heavy (non-hydrogen) atoms. The number of unbranched alkanes of at least 4 members (excludes halogenated alkanes) is 29. The van der Waals surface area contributed by atoms with E-state index in [1.807, 2.05) is 14.4 Å². The van der Waals surface area contributed by atoms with Gasteiger partial charge in [0.1, 0.15) is 0 Å². The van der Waals surface area contributed by atoms with Crippen molar-refractivity contribution in [2.24, 2.45) is 0 Å². The number of hydrogen-bond donors (Lipinski definition) is 0. The second-order valence-corrected chi connectivity index (χ2v) is 21.1. The summed E-state index contributed by atoms with van der Waals surface area (Å²) in [5.74, 6) is 0. The van der Waals surface area contributed by atoms with Crippen molar-refractivity contribution in [3.05, 3.63) is 87.5 Å². The van der Waals surface area contributed by atoms with E-state index in [-0.39, 0.29) is 0 Å². The predicted octanol–water partition coefficient (Wildman–Crippen LogP) is 21.6. The van der Waals surface area contributed by atoms with Crippen LogP contribution in [0, 0.1) is 0 Å². The fraction of sp³-hybridized carbons (Fsp3) is 0.738. The molecule has 1 aliphatic heterocycles. The Bertz CT molecular complexity index is 1480. The molecular weight excluding hydrogens is 819 g/mol. The summed E-state index contributed by atoms with van der Waals surface area (Å²) in [5, 5.41) is 2.56. The molecule has 0 aromatic heterocycles. The SMILES string of the molecule is CCCCCCCCCCCCCCCCCCCCCCCCCCCCCC1=C(c2cccc(CCCC)c2)[N+](=[N-])C(c2cccc(CCCC)c2)=C1CCCC.C[CH2][Ni][CH2]C. The van der Waals surface area contributed by atoms with Gasteiger partial charge in [-0.25, -0.2) is 4.70 Å². The minimum atomic E-state index is 1.02. The molecule has 368 valence electrons. The van der Waals surface area contributed by atoms with E-state index in [9.17, 15) is 5.53 Å². The summed E-state index contributed by atoms with van der Waals surface area (Å²) in [7, 11) is 0. The second kappa shape index (κ2) is 41.2. The topological polar surface area (TPSA) is 25.3 Å². The van der Waals surface area contributed by atoms with Gasteiger partial charge in [-0.3, -0.25) is 0 Å². The molecule has 2 nitrogen and oxygen atoms in total. The fourth-order valence-electron chi connectivity index (χ4n) is 9.60. The van der Waals surface area contributed by atoms with Gasteiger partial charge in [-0.05, 0) is 86.8 Å². The zero-order valence-electron chi connectivity index (χ0n) is 43.4. The van der Waals surface area contributed by atoms with Crippen LogP contribution in [-0.4, -0.2) is 4.70 Å². The number of allylic oxidation sites excluding steroid dienone is 2. The number of benzene rings is 2. The van der Waals surface area contributed by atoms with E-state index in [1.54, 1.807) is 4.70 Å². The normalized spacial score (nSPS) is 12.8. The van der Waals surface area contributed by atoms with Crippen LogP contribution in [0.25, 0.3) is 16.9 Å². The Morgan fingerprint density at radius 3 is 0.922 bits per heavy atom. The second-order valence-electron chi connectivity index (χ2n) is 19.2. The molecule has 0 unspecified atom stereocenters. The Morgan fingerprint density at radius 2 is 0.625 bits per heavy atom. The molecular formula is C61H104N2Ni. The first kappa shape index (κ1) is 58.1. The molecule has 0 bridgehead atoms. The average Bonchev–Trinajstić information content (AvgIpc) is 3.59. The van der Waals surface area contributed by atoms with E-state index in [4.69, 9.17) is 0 Å². The molecule has 0 radical (unpaired) electrons. The number of rotatable bonds is 41. The van der Waals surface area contributed by atoms with Crippen LogP contribution < -0.4 is 0 Å². The Morgan fingerprint density at radius 1 is 0.344 bits per heavy atom. The third kappa shape index (κ3) is 26.4. The van der Waals surface area contributed by atoms with Gasteiger partial charge in [0.25, 0.3) is 0 Å². The Hall–Kier alpha value is -1.99. The summed E-state index contributed by atoms with van der Waals surface area (Å²) in [6, 6.07) is 18.1. The van der Waals surface area contributed by atoms with Crippen LogP contribution >= 0.6 is 0 Å². The Labute approximate surface area is 405 Å². The van der Waals surface area contributed by atoms with Gasteiger partial charge in [0.2, 0.25) is 11.4 Å². The van der Waals surface area contributed by atoms with E-state index in [2.05, 4.69) is 90.1 Å². The summed E-state index contributed by atoms with van der Waals surface area (Å²) in [5.41, 5.74) is 22.1. The summed E-state index contributed by atoms with van der Waals surface area (Å²) in [4.78, 5) is 0. The van der Waals surface area contributed by atoms with Crippen LogP contribution in [0.2, 0.25) is 10.8 Å². The zero-order valence-corrected chi connectivity index (χ0v) is 44.4. The number of nitrogens with zero attached hydrogens (tertiary/aromatic N) is 2. The van der Waals surface area contributed by atoms with Crippen LogP contribution in [0.15, 0.2) is 59.7 Å². The van der Waals surface area contributed by atoms with Crippen LogP contribution in [0.5, 0.6) is 0 Å².